The van der Waals surface area contributed by atoms with Crippen LogP contribution in [0.5, 0.6) is 17.2 Å². The van der Waals surface area contributed by atoms with Gasteiger partial charge in [0.15, 0.2) is 17.5 Å². The van der Waals surface area contributed by atoms with Gasteiger partial charge in [0.05, 0.1) is 26.9 Å². The predicted octanol–water partition coefficient (Wildman–Crippen LogP) is 3.95. The van der Waals surface area contributed by atoms with Gasteiger partial charge in [-0.1, -0.05) is 6.07 Å². The van der Waals surface area contributed by atoms with Crippen LogP contribution in [0.1, 0.15) is 31.2 Å². The highest BCUT2D eigenvalue weighted by molar-refractivity contribution is 5.92. The number of anilines is 1. The first kappa shape index (κ1) is 18.9. The van der Waals surface area contributed by atoms with E-state index in [1.54, 1.807) is 14.2 Å². The summed E-state index contributed by atoms with van der Waals surface area (Å²) in [6.45, 7) is 0.453. The first-order valence-corrected chi connectivity index (χ1v) is 9.22. The summed E-state index contributed by atoms with van der Waals surface area (Å²) in [5.41, 5.74) is 7.85. The molecule has 3 N–H and O–H groups in total. The smallest absolute Gasteiger partial charge is 0.193 e. The Balaban J connectivity index is 1.60. The highest BCUT2D eigenvalue weighted by atomic mass is 16.5. The molecule has 0 radical (unpaired) electrons. The van der Waals surface area contributed by atoms with Gasteiger partial charge < -0.3 is 25.3 Å². The van der Waals surface area contributed by atoms with E-state index in [1.165, 1.54) is 12.8 Å². The molecule has 0 spiro atoms. The molecule has 27 heavy (non-hydrogen) atoms. The van der Waals surface area contributed by atoms with Crippen LogP contribution in [0.4, 0.5) is 5.69 Å². The molecular weight excluding hydrogens is 342 g/mol. The van der Waals surface area contributed by atoms with Crippen LogP contribution in [-0.2, 0) is 6.54 Å². The van der Waals surface area contributed by atoms with Gasteiger partial charge in [-0.3, -0.25) is 0 Å². The van der Waals surface area contributed by atoms with Crippen LogP contribution in [0.15, 0.2) is 47.5 Å². The third-order valence-corrected chi connectivity index (χ3v) is 4.62. The van der Waals surface area contributed by atoms with Crippen molar-refractivity contribution in [3.63, 3.8) is 0 Å². The molecule has 1 saturated carbocycles. The number of benzene rings is 2. The first-order chi connectivity index (χ1) is 13.2. The van der Waals surface area contributed by atoms with Gasteiger partial charge in [-0.2, -0.15) is 0 Å². The Hall–Kier alpha value is -2.89. The number of guanidine groups is 1. The molecule has 0 bridgehead atoms. The van der Waals surface area contributed by atoms with Gasteiger partial charge >= 0.3 is 0 Å². The van der Waals surface area contributed by atoms with Gasteiger partial charge in [-0.25, -0.2) is 4.99 Å². The fraction of sp³-hybridized carbons (Fsp3) is 0.381. The molecule has 2 aromatic rings. The van der Waals surface area contributed by atoms with Crippen molar-refractivity contribution in [2.75, 3.05) is 19.5 Å². The summed E-state index contributed by atoms with van der Waals surface area (Å²) in [6, 6.07) is 13.4. The van der Waals surface area contributed by atoms with Crippen LogP contribution < -0.4 is 25.3 Å². The van der Waals surface area contributed by atoms with E-state index >= 15 is 0 Å². The third-order valence-electron chi connectivity index (χ3n) is 4.62. The highest BCUT2D eigenvalue weighted by Crippen LogP contribution is 2.32. The predicted molar refractivity (Wildman–Crippen MR) is 108 cm³/mol. The Morgan fingerprint density at radius 1 is 1.04 bits per heavy atom. The zero-order valence-corrected chi connectivity index (χ0v) is 15.9. The maximum absolute atomic E-state index is 6.07. The minimum atomic E-state index is 0.298. The van der Waals surface area contributed by atoms with Crippen LogP contribution in [0.25, 0.3) is 0 Å². The second-order valence-electron chi connectivity index (χ2n) is 6.56. The lowest BCUT2D eigenvalue weighted by Crippen LogP contribution is -2.22. The van der Waals surface area contributed by atoms with Crippen LogP contribution in [0.3, 0.4) is 0 Å². The number of rotatable bonds is 7. The van der Waals surface area contributed by atoms with Crippen LogP contribution in [0.2, 0.25) is 0 Å². The highest BCUT2D eigenvalue weighted by Gasteiger charge is 2.18. The summed E-state index contributed by atoms with van der Waals surface area (Å²) < 4.78 is 16.7. The lowest BCUT2D eigenvalue weighted by Gasteiger charge is -2.16. The lowest BCUT2D eigenvalue weighted by atomic mass is 10.2. The summed E-state index contributed by atoms with van der Waals surface area (Å²) in [5.74, 6) is 2.67. The Morgan fingerprint density at radius 2 is 1.78 bits per heavy atom. The average molecular weight is 369 g/mol. The normalized spacial score (nSPS) is 14.8. The number of nitrogens with two attached hydrogens (primary N) is 1. The molecule has 1 aliphatic rings. The lowest BCUT2D eigenvalue weighted by molar-refractivity contribution is 0.200. The minimum Gasteiger partial charge on any atom is -0.497 e. The van der Waals surface area contributed by atoms with E-state index in [0.717, 1.165) is 41.3 Å². The number of nitrogens with one attached hydrogen (secondary N) is 1. The van der Waals surface area contributed by atoms with Crippen molar-refractivity contribution in [1.29, 1.82) is 0 Å². The molecule has 6 heteroatoms. The van der Waals surface area contributed by atoms with E-state index in [1.807, 2.05) is 42.5 Å². The average Bonchev–Trinajstić information content (AvgIpc) is 3.21. The number of methoxy groups -OCH3 is 2. The molecule has 144 valence electrons. The van der Waals surface area contributed by atoms with Gasteiger partial charge in [0.25, 0.3) is 0 Å². The standard InChI is InChI=1S/C21H27N3O3/c1-25-17-10-8-16(9-11-17)24-21(22)23-14-15-7-12-19(20(13-15)26-2)27-18-5-3-4-6-18/h7-13,18H,3-6,14H2,1-2H3,(H3,22,23,24). The molecule has 1 aliphatic carbocycles. The second-order valence-corrected chi connectivity index (χ2v) is 6.56. The molecule has 0 aromatic heterocycles. The molecule has 0 aliphatic heterocycles. The summed E-state index contributed by atoms with van der Waals surface area (Å²) in [6.07, 6.45) is 5.00. The summed E-state index contributed by atoms with van der Waals surface area (Å²) in [7, 11) is 3.29. The zero-order valence-electron chi connectivity index (χ0n) is 15.9. The molecule has 3 rings (SSSR count). The Kier molecular flexibility index (Phi) is 6.41. The number of hydrogen-bond acceptors (Lipinski definition) is 4. The van der Waals surface area contributed by atoms with E-state index < -0.39 is 0 Å². The summed E-state index contributed by atoms with van der Waals surface area (Å²) in [4.78, 5) is 4.40. The number of hydrogen-bond donors (Lipinski definition) is 2. The first-order valence-electron chi connectivity index (χ1n) is 9.22. The van der Waals surface area contributed by atoms with Crippen molar-refractivity contribution < 1.29 is 14.2 Å². The molecule has 0 amide bonds. The van der Waals surface area contributed by atoms with Crippen LogP contribution in [-0.4, -0.2) is 26.3 Å². The van der Waals surface area contributed by atoms with Crippen molar-refractivity contribution in [1.82, 2.24) is 0 Å². The zero-order chi connectivity index (χ0) is 19.1. The molecule has 0 atom stereocenters. The molecule has 1 fully saturated rings. The summed E-state index contributed by atoms with van der Waals surface area (Å²) >= 11 is 0. The molecular formula is C21H27N3O3. The van der Waals surface area contributed by atoms with E-state index in [0.29, 0.717) is 18.6 Å². The minimum absolute atomic E-state index is 0.298. The van der Waals surface area contributed by atoms with Crippen molar-refractivity contribution in [3.8, 4) is 17.2 Å². The largest absolute Gasteiger partial charge is 0.497 e. The fourth-order valence-corrected chi connectivity index (χ4v) is 3.13. The van der Waals surface area contributed by atoms with Gasteiger partial charge in [0, 0.05) is 5.69 Å². The Morgan fingerprint density at radius 3 is 2.44 bits per heavy atom. The number of ether oxygens (including phenoxy) is 3. The van der Waals surface area contributed by atoms with Gasteiger partial charge in [-0.05, 0) is 67.6 Å². The second kappa shape index (κ2) is 9.16. The van der Waals surface area contributed by atoms with Crippen molar-refractivity contribution in [2.24, 2.45) is 10.7 Å². The van der Waals surface area contributed by atoms with E-state index in [2.05, 4.69) is 10.3 Å². The molecule has 0 unspecified atom stereocenters. The van der Waals surface area contributed by atoms with Gasteiger partial charge in [-0.15, -0.1) is 0 Å². The van der Waals surface area contributed by atoms with Gasteiger partial charge in [0.1, 0.15) is 5.75 Å². The van der Waals surface area contributed by atoms with Crippen LogP contribution >= 0.6 is 0 Å². The third kappa shape index (κ3) is 5.29. The number of nitrogens with zero attached hydrogens (tertiary/aromatic N) is 1. The molecule has 0 saturated heterocycles. The van der Waals surface area contributed by atoms with Gasteiger partial charge in [0.2, 0.25) is 0 Å². The molecule has 6 nitrogen and oxygen atoms in total. The Bertz CT molecular complexity index is 769. The van der Waals surface area contributed by atoms with E-state index in [9.17, 15) is 0 Å². The fourth-order valence-electron chi connectivity index (χ4n) is 3.13. The molecule has 0 heterocycles. The molecule has 2 aromatic carbocycles. The Labute approximate surface area is 160 Å². The van der Waals surface area contributed by atoms with Crippen LogP contribution in [0, 0.1) is 0 Å². The quantitative estimate of drug-likeness (QED) is 0.571. The van der Waals surface area contributed by atoms with Crippen molar-refractivity contribution in [3.05, 3.63) is 48.0 Å². The monoisotopic (exact) mass is 369 g/mol. The van der Waals surface area contributed by atoms with Crippen molar-refractivity contribution in [2.45, 2.75) is 38.3 Å². The maximum atomic E-state index is 6.07. The van der Waals surface area contributed by atoms with E-state index in [-0.39, 0.29) is 0 Å². The summed E-state index contributed by atoms with van der Waals surface area (Å²) in [5, 5.41) is 3.07. The van der Waals surface area contributed by atoms with E-state index in [4.69, 9.17) is 19.9 Å². The number of aliphatic imine (C=N–C) groups is 1. The SMILES string of the molecule is COc1ccc(NC(N)=NCc2ccc(OC3CCCC3)c(OC)c2)cc1. The topological polar surface area (TPSA) is 78.1 Å². The maximum Gasteiger partial charge on any atom is 0.193 e. The van der Waals surface area contributed by atoms with Crippen molar-refractivity contribution >= 4 is 11.6 Å².